The Bertz CT molecular complexity index is 180. The Labute approximate surface area is 93.6 Å². The Morgan fingerprint density at radius 2 is 1.44 bits per heavy atom. The molecule has 0 aliphatic heterocycles. The summed E-state index contributed by atoms with van der Waals surface area (Å²) in [6.07, 6.45) is -5.39. The molecule has 0 aliphatic carbocycles. The average molecular weight is 240 g/mol. The fourth-order valence-corrected chi connectivity index (χ4v) is 0.602. The summed E-state index contributed by atoms with van der Waals surface area (Å²) in [5.41, 5.74) is 0. The first kappa shape index (κ1) is 17.8. The molecular weight excluding hydrogens is 220 g/mol. The van der Waals surface area contributed by atoms with Crippen LogP contribution in [0.4, 0.5) is 0 Å². The third-order valence-corrected chi connectivity index (χ3v) is 1.39. The van der Waals surface area contributed by atoms with E-state index in [1.54, 1.807) is 13.8 Å². The van der Waals surface area contributed by atoms with Gasteiger partial charge in [-0.3, -0.25) is 4.79 Å². The number of carbonyl (C=O) groups excluding carboxylic acids is 1. The standard InChI is InChI=1S/C6H12O6.C3H8O/c7-1-3(9)5(11)6(12)4(10)2-8;1-3(2)4/h3,5-9,11-12H,1-2H2;3-4H,1-2H3. The third-order valence-electron chi connectivity index (χ3n) is 1.39. The van der Waals surface area contributed by atoms with E-state index in [0.717, 1.165) is 0 Å². The largest absolute Gasteiger partial charge is 0.394 e. The van der Waals surface area contributed by atoms with Crippen molar-refractivity contribution in [2.45, 2.75) is 38.3 Å². The van der Waals surface area contributed by atoms with E-state index in [2.05, 4.69) is 0 Å². The van der Waals surface area contributed by atoms with Crippen molar-refractivity contribution >= 4 is 5.78 Å². The molecule has 0 rings (SSSR count). The Morgan fingerprint density at radius 1 is 1.06 bits per heavy atom. The van der Waals surface area contributed by atoms with E-state index in [4.69, 9.17) is 30.6 Å². The maximum Gasteiger partial charge on any atom is 0.189 e. The molecule has 0 spiro atoms. The molecule has 16 heavy (non-hydrogen) atoms. The summed E-state index contributed by atoms with van der Waals surface area (Å²) in [6.45, 7) is 1.76. The van der Waals surface area contributed by atoms with Crippen molar-refractivity contribution in [1.29, 1.82) is 0 Å². The van der Waals surface area contributed by atoms with Gasteiger partial charge in [0.05, 0.1) is 6.61 Å². The molecule has 0 saturated carbocycles. The maximum absolute atomic E-state index is 10.5. The number of Topliss-reactive ketones (excluding diaryl/α,β-unsaturated/α-hetero) is 1. The molecule has 0 saturated heterocycles. The molecule has 0 aliphatic rings. The molecule has 0 radical (unpaired) electrons. The monoisotopic (exact) mass is 240 g/mol. The van der Waals surface area contributed by atoms with Crippen molar-refractivity contribution in [3.63, 3.8) is 0 Å². The highest BCUT2D eigenvalue weighted by Crippen LogP contribution is 2.00. The van der Waals surface area contributed by atoms with Crippen LogP contribution in [0.1, 0.15) is 13.8 Å². The van der Waals surface area contributed by atoms with Crippen LogP contribution < -0.4 is 0 Å². The molecule has 0 aromatic carbocycles. The normalized spacial score (nSPS) is 16.1. The first-order valence-electron chi connectivity index (χ1n) is 4.74. The predicted octanol–water partition coefficient (Wildman–Crippen LogP) is -2.99. The lowest BCUT2D eigenvalue weighted by atomic mass is 10.1. The van der Waals surface area contributed by atoms with Crippen molar-refractivity contribution in [3.05, 3.63) is 0 Å². The summed E-state index contributed by atoms with van der Waals surface area (Å²) in [7, 11) is 0. The van der Waals surface area contributed by atoms with Crippen molar-refractivity contribution in [1.82, 2.24) is 0 Å². The molecule has 7 heteroatoms. The molecule has 0 aromatic rings. The van der Waals surface area contributed by atoms with E-state index in [1.807, 2.05) is 0 Å². The van der Waals surface area contributed by atoms with Crippen LogP contribution in [-0.2, 0) is 4.79 Å². The number of carbonyl (C=O) groups is 1. The molecule has 0 amide bonds. The van der Waals surface area contributed by atoms with Crippen LogP contribution in [0, 0.1) is 0 Å². The van der Waals surface area contributed by atoms with Gasteiger partial charge in [0.25, 0.3) is 0 Å². The van der Waals surface area contributed by atoms with Gasteiger partial charge in [0.15, 0.2) is 5.78 Å². The number of hydrogen-bond donors (Lipinski definition) is 6. The summed E-state index contributed by atoms with van der Waals surface area (Å²) < 4.78 is 0. The van der Waals surface area contributed by atoms with Gasteiger partial charge in [-0.1, -0.05) is 0 Å². The van der Waals surface area contributed by atoms with Gasteiger partial charge in [-0.25, -0.2) is 0 Å². The van der Waals surface area contributed by atoms with Gasteiger partial charge >= 0.3 is 0 Å². The minimum atomic E-state index is -1.86. The van der Waals surface area contributed by atoms with E-state index < -0.39 is 37.3 Å². The maximum atomic E-state index is 10.5. The van der Waals surface area contributed by atoms with Gasteiger partial charge in [-0.15, -0.1) is 0 Å². The van der Waals surface area contributed by atoms with Crippen LogP contribution in [0.3, 0.4) is 0 Å². The Kier molecular flexibility index (Phi) is 10.7. The lowest BCUT2D eigenvalue weighted by Gasteiger charge is -2.19. The predicted molar refractivity (Wildman–Crippen MR) is 54.6 cm³/mol. The SMILES string of the molecule is CC(C)O.O=C(CO)C(O)C(O)C(O)CO. The summed E-state index contributed by atoms with van der Waals surface area (Å²) in [4.78, 5) is 10.5. The van der Waals surface area contributed by atoms with E-state index in [0.29, 0.717) is 0 Å². The summed E-state index contributed by atoms with van der Waals surface area (Å²) >= 11 is 0. The summed E-state index contributed by atoms with van der Waals surface area (Å²) in [5.74, 6) is -1.00. The van der Waals surface area contributed by atoms with Gasteiger partial charge in [0, 0.05) is 6.10 Å². The third kappa shape index (κ3) is 8.72. The topological polar surface area (TPSA) is 138 Å². The molecule has 3 unspecified atom stereocenters. The van der Waals surface area contributed by atoms with Crippen molar-refractivity contribution in [2.75, 3.05) is 13.2 Å². The van der Waals surface area contributed by atoms with Crippen molar-refractivity contribution in [3.8, 4) is 0 Å². The lowest BCUT2D eigenvalue weighted by Crippen LogP contribution is -2.44. The second-order valence-corrected chi connectivity index (χ2v) is 3.40. The first-order chi connectivity index (χ1) is 7.27. The molecule has 0 fully saturated rings. The van der Waals surface area contributed by atoms with E-state index in [1.165, 1.54) is 0 Å². The van der Waals surface area contributed by atoms with Gasteiger partial charge < -0.3 is 30.6 Å². The molecule has 3 atom stereocenters. The first-order valence-corrected chi connectivity index (χ1v) is 4.74. The van der Waals surface area contributed by atoms with Crippen molar-refractivity contribution in [2.24, 2.45) is 0 Å². The zero-order chi connectivity index (χ0) is 13.3. The van der Waals surface area contributed by atoms with Crippen LogP contribution in [0.25, 0.3) is 0 Å². The molecule has 0 heterocycles. The Hall–Kier alpha value is -0.570. The van der Waals surface area contributed by atoms with Crippen LogP contribution in [0.5, 0.6) is 0 Å². The van der Waals surface area contributed by atoms with Gasteiger partial charge in [-0.05, 0) is 13.8 Å². The van der Waals surface area contributed by atoms with E-state index in [9.17, 15) is 4.79 Å². The zero-order valence-corrected chi connectivity index (χ0v) is 9.32. The van der Waals surface area contributed by atoms with Crippen LogP contribution in [0.15, 0.2) is 0 Å². The van der Waals surface area contributed by atoms with Crippen LogP contribution in [0.2, 0.25) is 0 Å². The highest BCUT2D eigenvalue weighted by molar-refractivity contribution is 5.84. The summed E-state index contributed by atoms with van der Waals surface area (Å²) in [5, 5.41) is 51.1. The quantitative estimate of drug-likeness (QED) is 0.301. The molecular formula is C9H20O7. The number of aliphatic hydroxyl groups is 6. The van der Waals surface area contributed by atoms with Crippen molar-refractivity contribution < 1.29 is 35.4 Å². The number of rotatable bonds is 5. The second kappa shape index (κ2) is 9.64. The number of hydrogen-bond acceptors (Lipinski definition) is 7. The van der Waals surface area contributed by atoms with Crippen LogP contribution >= 0.6 is 0 Å². The highest BCUT2D eigenvalue weighted by Gasteiger charge is 2.28. The van der Waals surface area contributed by atoms with Crippen LogP contribution in [-0.4, -0.2) is 74.1 Å². The average Bonchev–Trinajstić information content (AvgIpc) is 2.24. The van der Waals surface area contributed by atoms with Gasteiger partial charge in [0.2, 0.25) is 0 Å². The molecule has 6 N–H and O–H groups in total. The highest BCUT2D eigenvalue weighted by atomic mass is 16.4. The summed E-state index contributed by atoms with van der Waals surface area (Å²) in [6, 6.07) is 0. The fraction of sp³-hybridized carbons (Fsp3) is 0.889. The van der Waals surface area contributed by atoms with E-state index in [-0.39, 0.29) is 6.10 Å². The zero-order valence-electron chi connectivity index (χ0n) is 9.32. The smallest absolute Gasteiger partial charge is 0.189 e. The minimum Gasteiger partial charge on any atom is -0.394 e. The molecule has 98 valence electrons. The van der Waals surface area contributed by atoms with E-state index >= 15 is 0 Å². The molecule has 0 aromatic heterocycles. The fourth-order valence-electron chi connectivity index (χ4n) is 0.602. The Balaban J connectivity index is 0. The minimum absolute atomic E-state index is 0.167. The second-order valence-electron chi connectivity index (χ2n) is 3.40. The number of aliphatic hydroxyl groups excluding tert-OH is 6. The molecule has 7 nitrogen and oxygen atoms in total. The Morgan fingerprint density at radius 3 is 1.69 bits per heavy atom. The molecule has 0 bridgehead atoms. The lowest BCUT2D eigenvalue weighted by molar-refractivity contribution is -0.142. The van der Waals surface area contributed by atoms with Gasteiger partial charge in [-0.2, -0.15) is 0 Å². The van der Waals surface area contributed by atoms with Gasteiger partial charge in [0.1, 0.15) is 24.9 Å². The number of ketones is 1.